The van der Waals surface area contributed by atoms with Crippen molar-refractivity contribution in [3.8, 4) is 0 Å². The van der Waals surface area contributed by atoms with Crippen molar-refractivity contribution >= 4 is 23.9 Å². The lowest BCUT2D eigenvalue weighted by molar-refractivity contribution is -0.152. The molecule has 4 saturated heterocycles. The van der Waals surface area contributed by atoms with E-state index in [2.05, 4.69) is 11.7 Å². The number of cyclic esters (lactones) is 4. The molecule has 0 saturated carbocycles. The minimum Gasteiger partial charge on any atom is -0.466 e. The summed E-state index contributed by atoms with van der Waals surface area (Å²) in [6, 6.07) is 0. The Morgan fingerprint density at radius 2 is 1.39 bits per heavy atom. The minimum absolute atomic E-state index is 0.0200. The van der Waals surface area contributed by atoms with Crippen molar-refractivity contribution in [1.82, 2.24) is 0 Å². The zero-order valence-corrected chi connectivity index (χ0v) is 19.2. The van der Waals surface area contributed by atoms with Crippen LogP contribution in [-0.4, -0.2) is 49.3 Å². The maximum Gasteiger partial charge on any atom is 0.306 e. The Kier molecular flexibility index (Phi) is 13.6. The fourth-order valence-electron chi connectivity index (χ4n) is 3.33. The van der Waals surface area contributed by atoms with Gasteiger partial charge in [-0.3, -0.25) is 19.2 Å². The van der Waals surface area contributed by atoms with Crippen molar-refractivity contribution in [1.29, 1.82) is 0 Å². The molecule has 0 aliphatic carbocycles. The van der Waals surface area contributed by atoms with E-state index in [0.717, 1.165) is 44.9 Å². The Labute approximate surface area is 185 Å². The lowest BCUT2D eigenvalue weighted by Gasteiger charge is -2.17. The second-order valence-electron chi connectivity index (χ2n) is 8.25. The molecule has 4 heterocycles. The van der Waals surface area contributed by atoms with Crippen LogP contribution < -0.4 is 0 Å². The Morgan fingerprint density at radius 3 is 1.71 bits per heavy atom. The lowest BCUT2D eigenvalue weighted by Crippen LogP contribution is -2.19. The number of hydrogen-bond donors (Lipinski definition) is 0. The second kappa shape index (κ2) is 15.6. The predicted molar refractivity (Wildman–Crippen MR) is 113 cm³/mol. The molecule has 4 aliphatic heterocycles. The van der Waals surface area contributed by atoms with Crippen LogP contribution in [0.25, 0.3) is 0 Å². The van der Waals surface area contributed by atoms with E-state index in [1.54, 1.807) is 0 Å². The van der Waals surface area contributed by atoms with Crippen molar-refractivity contribution in [3.05, 3.63) is 0 Å². The Hall–Kier alpha value is -2.12. The highest BCUT2D eigenvalue weighted by Crippen LogP contribution is 2.18. The molecule has 0 aromatic carbocycles. The number of carbonyl (C=O) groups is 4. The molecule has 0 N–H and O–H groups in total. The third kappa shape index (κ3) is 13.7. The van der Waals surface area contributed by atoms with E-state index in [1.165, 1.54) is 0 Å². The highest BCUT2D eigenvalue weighted by Gasteiger charge is 2.22. The minimum atomic E-state index is -0.0486. The van der Waals surface area contributed by atoms with Gasteiger partial charge in [0.05, 0.1) is 31.8 Å². The first-order valence-electron chi connectivity index (χ1n) is 11.5. The van der Waals surface area contributed by atoms with Crippen LogP contribution in [0, 0.1) is 5.92 Å². The first-order chi connectivity index (χ1) is 14.8. The molecular weight excluding hydrogens is 404 g/mol. The maximum absolute atomic E-state index is 10.5. The van der Waals surface area contributed by atoms with E-state index < -0.39 is 0 Å². The van der Waals surface area contributed by atoms with Gasteiger partial charge in [-0.1, -0.05) is 13.3 Å². The van der Waals surface area contributed by atoms with Gasteiger partial charge in [-0.25, -0.2) is 0 Å². The molecule has 0 aromatic rings. The average Bonchev–Trinajstić information content (AvgIpc) is 3.31. The Balaban J connectivity index is 0.000000208. The largest absolute Gasteiger partial charge is 0.466 e. The lowest BCUT2D eigenvalue weighted by atomic mass is 10.0. The first-order valence-corrected chi connectivity index (χ1v) is 11.5. The van der Waals surface area contributed by atoms with Crippen LogP contribution in [0.3, 0.4) is 0 Å². The molecule has 8 heteroatoms. The predicted octanol–water partition coefficient (Wildman–Crippen LogP) is 3.88. The van der Waals surface area contributed by atoms with Gasteiger partial charge in [0.2, 0.25) is 0 Å². The molecule has 0 bridgehead atoms. The molecule has 31 heavy (non-hydrogen) atoms. The molecular formula is C23H38O8. The van der Waals surface area contributed by atoms with Crippen molar-refractivity contribution < 1.29 is 38.1 Å². The molecule has 3 atom stereocenters. The number of ether oxygens (including phenoxy) is 4. The molecule has 4 fully saturated rings. The molecule has 0 amide bonds. The third-order valence-corrected chi connectivity index (χ3v) is 5.08. The molecule has 178 valence electrons. The van der Waals surface area contributed by atoms with Gasteiger partial charge in [0.15, 0.2) is 0 Å². The van der Waals surface area contributed by atoms with Crippen LogP contribution in [-0.2, 0) is 38.1 Å². The third-order valence-electron chi connectivity index (χ3n) is 5.08. The summed E-state index contributed by atoms with van der Waals surface area (Å²) in [6.07, 6.45) is 10.1. The van der Waals surface area contributed by atoms with E-state index in [4.69, 9.17) is 14.2 Å². The highest BCUT2D eigenvalue weighted by molar-refractivity contribution is 5.72. The van der Waals surface area contributed by atoms with Gasteiger partial charge < -0.3 is 18.9 Å². The first kappa shape index (κ1) is 26.9. The van der Waals surface area contributed by atoms with Crippen LogP contribution in [0.1, 0.15) is 91.4 Å². The Bertz CT molecular complexity index is 558. The number of hydrogen-bond acceptors (Lipinski definition) is 8. The summed E-state index contributed by atoms with van der Waals surface area (Å²) in [4.78, 5) is 41.4. The fraction of sp³-hybridized carbons (Fsp3) is 0.826. The molecule has 4 rings (SSSR count). The molecule has 3 unspecified atom stereocenters. The van der Waals surface area contributed by atoms with Crippen molar-refractivity contribution in [2.24, 2.45) is 5.92 Å². The summed E-state index contributed by atoms with van der Waals surface area (Å²) in [5.74, 6) is 0.374. The van der Waals surface area contributed by atoms with Gasteiger partial charge in [-0.2, -0.15) is 0 Å². The molecule has 0 aromatic heterocycles. The van der Waals surface area contributed by atoms with Gasteiger partial charge in [0.25, 0.3) is 0 Å². The molecule has 8 nitrogen and oxygen atoms in total. The van der Waals surface area contributed by atoms with Crippen LogP contribution in [0.2, 0.25) is 0 Å². The van der Waals surface area contributed by atoms with Crippen molar-refractivity contribution in [2.45, 2.75) is 104 Å². The molecule has 4 aliphatic rings. The average molecular weight is 443 g/mol. The van der Waals surface area contributed by atoms with E-state index in [0.29, 0.717) is 44.8 Å². The van der Waals surface area contributed by atoms with E-state index in [9.17, 15) is 19.2 Å². The summed E-state index contributed by atoms with van der Waals surface area (Å²) in [6.45, 7) is 7.26. The summed E-state index contributed by atoms with van der Waals surface area (Å²) in [7, 11) is 0. The maximum atomic E-state index is 10.5. The van der Waals surface area contributed by atoms with Gasteiger partial charge in [0.1, 0.15) is 0 Å². The van der Waals surface area contributed by atoms with Crippen LogP contribution >= 0.6 is 0 Å². The number of rotatable bonds is 2. The number of esters is 4. The zero-order valence-electron chi connectivity index (χ0n) is 19.2. The Morgan fingerprint density at radius 1 is 0.742 bits per heavy atom. The standard InChI is InChI=1S/C7H12O2.C6H10O2.2C5H8O2/c1-2-3-6-4-7(8)9-5-6;1-5-3-2-4-6(7)8-5;1-4-2-3-5(6)7-4;6-5-3-1-2-4-7-5/h6H,2-5H2,1H3;5H,2-4H2,1H3;4H,2-3H2,1H3;1-4H2. The fourth-order valence-corrected chi connectivity index (χ4v) is 3.33. The van der Waals surface area contributed by atoms with Crippen molar-refractivity contribution in [3.63, 3.8) is 0 Å². The van der Waals surface area contributed by atoms with E-state index in [1.807, 2.05) is 13.8 Å². The smallest absolute Gasteiger partial charge is 0.306 e. The summed E-state index contributed by atoms with van der Waals surface area (Å²) < 4.78 is 19.0. The van der Waals surface area contributed by atoms with Crippen LogP contribution in [0.5, 0.6) is 0 Å². The summed E-state index contributed by atoms with van der Waals surface area (Å²) in [5, 5.41) is 0. The monoisotopic (exact) mass is 442 g/mol. The van der Waals surface area contributed by atoms with Gasteiger partial charge in [-0.05, 0) is 52.4 Å². The van der Waals surface area contributed by atoms with Crippen LogP contribution in [0.4, 0.5) is 0 Å². The summed E-state index contributed by atoms with van der Waals surface area (Å²) in [5.41, 5.74) is 0. The second-order valence-corrected chi connectivity index (χ2v) is 8.25. The van der Waals surface area contributed by atoms with Crippen LogP contribution in [0.15, 0.2) is 0 Å². The number of carbonyl (C=O) groups excluding carboxylic acids is 4. The van der Waals surface area contributed by atoms with Gasteiger partial charge in [0, 0.05) is 25.2 Å². The highest BCUT2D eigenvalue weighted by atomic mass is 16.6. The van der Waals surface area contributed by atoms with E-state index >= 15 is 0 Å². The van der Waals surface area contributed by atoms with Gasteiger partial charge in [-0.15, -0.1) is 0 Å². The summed E-state index contributed by atoms with van der Waals surface area (Å²) >= 11 is 0. The topological polar surface area (TPSA) is 105 Å². The zero-order chi connectivity index (χ0) is 23.1. The van der Waals surface area contributed by atoms with E-state index in [-0.39, 0.29) is 36.1 Å². The van der Waals surface area contributed by atoms with Gasteiger partial charge >= 0.3 is 23.9 Å². The quantitative estimate of drug-likeness (QED) is 0.469. The van der Waals surface area contributed by atoms with Crippen molar-refractivity contribution in [2.75, 3.05) is 13.2 Å². The molecule has 0 radical (unpaired) electrons. The normalized spacial score (nSPS) is 27.0. The molecule has 0 spiro atoms. The SMILES string of the molecule is CC1CCC(=O)O1.CC1CCCC(=O)O1.CCCC1COC(=O)C1.O=C1CCCCO1.